The van der Waals surface area contributed by atoms with Crippen LogP contribution in [0.1, 0.15) is 72.4 Å². The molecule has 0 radical (unpaired) electrons. The van der Waals surface area contributed by atoms with Crippen LogP contribution in [0.25, 0.3) is 0 Å². The molecule has 0 atom stereocenters. The molecule has 0 aliphatic carbocycles. The third-order valence-corrected chi connectivity index (χ3v) is 4.64. The van der Waals surface area contributed by atoms with Crippen molar-refractivity contribution < 1.29 is 19.1 Å². The van der Waals surface area contributed by atoms with E-state index in [-0.39, 0.29) is 6.09 Å². The molecule has 6 nitrogen and oxygen atoms in total. The Hall–Kier alpha value is -2.24. The van der Waals surface area contributed by atoms with Crippen molar-refractivity contribution in [1.29, 1.82) is 0 Å². The van der Waals surface area contributed by atoms with Crippen LogP contribution in [0.2, 0.25) is 0 Å². The molecule has 2 rings (SSSR count). The number of hydrogen-bond donors (Lipinski definition) is 1. The molecule has 1 aromatic rings. The molecule has 0 saturated carbocycles. The van der Waals surface area contributed by atoms with Crippen LogP contribution in [0.4, 0.5) is 9.59 Å². The van der Waals surface area contributed by atoms with Crippen molar-refractivity contribution in [1.82, 2.24) is 10.2 Å². The first kappa shape index (κ1) is 23.0. The summed E-state index contributed by atoms with van der Waals surface area (Å²) in [4.78, 5) is 26.5. The van der Waals surface area contributed by atoms with Gasteiger partial charge in [-0.1, -0.05) is 37.6 Å². The molecular weight excluding hydrogens is 368 g/mol. The van der Waals surface area contributed by atoms with Crippen LogP contribution in [0.5, 0.6) is 0 Å². The van der Waals surface area contributed by atoms with Gasteiger partial charge < -0.3 is 19.7 Å². The highest BCUT2D eigenvalue weighted by molar-refractivity contribution is 5.73. The zero-order valence-electron chi connectivity index (χ0n) is 18.9. The maximum Gasteiger partial charge on any atom is 0.410 e. The van der Waals surface area contributed by atoms with Gasteiger partial charge in [0.15, 0.2) is 0 Å². The summed E-state index contributed by atoms with van der Waals surface area (Å²) in [5, 5.41) is 3.00. The molecule has 162 valence electrons. The lowest BCUT2D eigenvalue weighted by Crippen LogP contribution is -2.69. The summed E-state index contributed by atoms with van der Waals surface area (Å²) in [7, 11) is 0. The summed E-state index contributed by atoms with van der Waals surface area (Å²) in [6.45, 7) is 13.9. The van der Waals surface area contributed by atoms with Crippen molar-refractivity contribution in [3.8, 4) is 0 Å². The van der Waals surface area contributed by atoms with Crippen LogP contribution in [0, 0.1) is 0 Å². The number of hydrogen-bond acceptors (Lipinski definition) is 4. The van der Waals surface area contributed by atoms with Gasteiger partial charge in [-0.2, -0.15) is 0 Å². The predicted octanol–water partition coefficient (Wildman–Crippen LogP) is 5.00. The second kappa shape index (κ2) is 8.64. The second-order valence-electron chi connectivity index (χ2n) is 9.85. The predicted molar refractivity (Wildman–Crippen MR) is 114 cm³/mol. The quantitative estimate of drug-likeness (QED) is 0.750. The normalized spacial score (nSPS) is 16.0. The molecule has 1 heterocycles. The van der Waals surface area contributed by atoms with Crippen LogP contribution in [-0.2, 0) is 21.4 Å². The Kier molecular flexibility index (Phi) is 6.86. The molecule has 1 saturated heterocycles. The second-order valence-corrected chi connectivity index (χ2v) is 9.85. The van der Waals surface area contributed by atoms with Crippen molar-refractivity contribution in [3.63, 3.8) is 0 Å². The molecule has 0 spiro atoms. The minimum absolute atomic E-state index is 0.343. The average molecular weight is 405 g/mol. The Morgan fingerprint density at radius 2 is 1.55 bits per heavy atom. The fraction of sp³-hybridized carbons (Fsp3) is 0.652. The van der Waals surface area contributed by atoms with E-state index in [1.54, 1.807) is 4.90 Å². The molecule has 1 aromatic carbocycles. The zero-order chi connectivity index (χ0) is 21.9. The molecule has 0 bridgehead atoms. The van der Waals surface area contributed by atoms with Crippen molar-refractivity contribution >= 4 is 12.2 Å². The van der Waals surface area contributed by atoms with Gasteiger partial charge in [-0.05, 0) is 65.5 Å². The lowest BCUT2D eigenvalue weighted by Gasteiger charge is -2.50. The van der Waals surface area contributed by atoms with Gasteiger partial charge in [0.25, 0.3) is 0 Å². The minimum atomic E-state index is -0.678. The van der Waals surface area contributed by atoms with Gasteiger partial charge in [-0.3, -0.25) is 0 Å². The van der Waals surface area contributed by atoms with Crippen molar-refractivity contribution in [2.45, 2.75) is 84.5 Å². The number of nitrogens with one attached hydrogen (secondary N) is 1. The number of rotatable bonds is 5. The van der Waals surface area contributed by atoms with E-state index in [2.05, 4.69) is 24.4 Å². The molecule has 1 aliphatic heterocycles. The van der Waals surface area contributed by atoms with E-state index in [0.717, 1.165) is 24.8 Å². The van der Waals surface area contributed by atoms with Crippen LogP contribution in [-0.4, -0.2) is 41.4 Å². The first-order chi connectivity index (χ1) is 13.3. The number of ether oxygens (including phenoxy) is 2. The summed E-state index contributed by atoms with van der Waals surface area (Å²) < 4.78 is 10.9. The summed E-state index contributed by atoms with van der Waals surface area (Å²) in [5.41, 5.74) is 0.399. The topological polar surface area (TPSA) is 67.9 Å². The van der Waals surface area contributed by atoms with E-state index < -0.39 is 22.8 Å². The van der Waals surface area contributed by atoms with E-state index in [0.29, 0.717) is 13.1 Å². The zero-order valence-corrected chi connectivity index (χ0v) is 18.9. The number of benzene rings is 1. The van der Waals surface area contributed by atoms with Gasteiger partial charge in [-0.25, -0.2) is 9.59 Å². The van der Waals surface area contributed by atoms with E-state index in [1.165, 1.54) is 5.56 Å². The highest BCUT2D eigenvalue weighted by atomic mass is 16.6. The summed E-state index contributed by atoms with van der Waals surface area (Å²) >= 11 is 0. The maximum absolute atomic E-state index is 12.5. The minimum Gasteiger partial charge on any atom is -0.444 e. The van der Waals surface area contributed by atoms with E-state index in [4.69, 9.17) is 9.47 Å². The molecule has 0 aromatic heterocycles. The first-order valence-electron chi connectivity index (χ1n) is 10.4. The SMILES string of the molecule is CCCCc1ccc(C2(NC(=O)OC(C)(C)C)CN(C(=O)OC(C)(C)C)C2)cc1. The van der Waals surface area contributed by atoms with Crippen molar-refractivity contribution in [2.24, 2.45) is 0 Å². The Labute approximate surface area is 174 Å². The molecule has 2 amide bonds. The molecule has 6 heteroatoms. The molecule has 1 fully saturated rings. The van der Waals surface area contributed by atoms with Gasteiger partial charge in [0, 0.05) is 0 Å². The fourth-order valence-corrected chi connectivity index (χ4v) is 3.27. The van der Waals surface area contributed by atoms with Gasteiger partial charge in [0.2, 0.25) is 0 Å². The number of likely N-dealkylation sites (tertiary alicyclic amines) is 1. The van der Waals surface area contributed by atoms with Crippen molar-refractivity contribution in [3.05, 3.63) is 35.4 Å². The Morgan fingerprint density at radius 3 is 2.03 bits per heavy atom. The largest absolute Gasteiger partial charge is 0.444 e. The Balaban J connectivity index is 2.17. The number of unbranched alkanes of at least 4 members (excludes halogenated alkanes) is 1. The molecule has 29 heavy (non-hydrogen) atoms. The number of alkyl carbamates (subject to hydrolysis) is 1. The van der Waals surface area contributed by atoms with Crippen LogP contribution in [0.15, 0.2) is 24.3 Å². The van der Waals surface area contributed by atoms with Crippen LogP contribution < -0.4 is 5.32 Å². The van der Waals surface area contributed by atoms with E-state index >= 15 is 0 Å². The maximum atomic E-state index is 12.5. The average Bonchev–Trinajstić information content (AvgIpc) is 2.53. The fourth-order valence-electron chi connectivity index (χ4n) is 3.27. The summed E-state index contributed by atoms with van der Waals surface area (Å²) in [6.07, 6.45) is 2.46. The standard InChI is InChI=1S/C23H36N2O4/c1-8-9-10-17-11-13-18(14-12-17)23(24-19(26)28-21(2,3)4)15-25(16-23)20(27)29-22(5,6)7/h11-14H,8-10,15-16H2,1-7H3,(H,24,26). The van der Waals surface area contributed by atoms with E-state index in [9.17, 15) is 9.59 Å². The third-order valence-electron chi connectivity index (χ3n) is 4.64. The molecular formula is C23H36N2O4. The lowest BCUT2D eigenvalue weighted by atomic mass is 9.82. The number of nitrogens with zero attached hydrogens (tertiary/aromatic N) is 1. The smallest absolute Gasteiger partial charge is 0.410 e. The summed E-state index contributed by atoms with van der Waals surface area (Å²) in [5.74, 6) is 0. The summed E-state index contributed by atoms with van der Waals surface area (Å²) in [6, 6.07) is 8.27. The highest BCUT2D eigenvalue weighted by Crippen LogP contribution is 2.34. The van der Waals surface area contributed by atoms with Crippen LogP contribution in [0.3, 0.4) is 0 Å². The van der Waals surface area contributed by atoms with Gasteiger partial charge >= 0.3 is 12.2 Å². The first-order valence-corrected chi connectivity index (χ1v) is 10.4. The number of carbonyl (C=O) groups is 2. The van der Waals surface area contributed by atoms with Crippen LogP contribution >= 0.6 is 0 Å². The van der Waals surface area contributed by atoms with Gasteiger partial charge in [-0.15, -0.1) is 0 Å². The van der Waals surface area contributed by atoms with Crippen molar-refractivity contribution in [2.75, 3.05) is 13.1 Å². The highest BCUT2D eigenvalue weighted by Gasteiger charge is 2.49. The Morgan fingerprint density at radius 1 is 1.00 bits per heavy atom. The lowest BCUT2D eigenvalue weighted by molar-refractivity contribution is -0.0230. The number of aryl methyl sites for hydroxylation is 1. The van der Waals surface area contributed by atoms with Gasteiger partial charge in [0.05, 0.1) is 13.1 Å². The molecule has 1 N–H and O–H groups in total. The monoisotopic (exact) mass is 404 g/mol. The molecule has 0 unspecified atom stereocenters. The van der Waals surface area contributed by atoms with Gasteiger partial charge in [0.1, 0.15) is 16.7 Å². The third kappa shape index (κ3) is 6.65. The Bertz CT molecular complexity index is 708. The van der Waals surface area contributed by atoms with E-state index in [1.807, 2.05) is 53.7 Å². The molecule has 1 aliphatic rings. The number of amides is 2. The number of carbonyl (C=O) groups excluding carboxylic acids is 2.